The van der Waals surface area contributed by atoms with Crippen molar-refractivity contribution in [3.05, 3.63) is 75.6 Å². The Morgan fingerprint density at radius 2 is 1.97 bits per heavy atom. The third kappa shape index (κ3) is 5.25. The molecule has 1 heterocycles. The van der Waals surface area contributed by atoms with Gasteiger partial charge in [-0.1, -0.05) is 36.0 Å². The lowest BCUT2D eigenvalue weighted by Gasteiger charge is -2.09. The van der Waals surface area contributed by atoms with E-state index in [9.17, 15) is 19.7 Å². The van der Waals surface area contributed by atoms with E-state index in [0.29, 0.717) is 22.3 Å². The van der Waals surface area contributed by atoms with Gasteiger partial charge in [-0.2, -0.15) is 0 Å². The second-order valence-corrected chi connectivity index (χ2v) is 7.30. The van der Waals surface area contributed by atoms with E-state index in [1.54, 1.807) is 35.9 Å². The summed E-state index contributed by atoms with van der Waals surface area (Å²) in [5.74, 6) is 0.446. The van der Waals surface area contributed by atoms with E-state index in [1.807, 2.05) is 0 Å². The van der Waals surface area contributed by atoms with Crippen molar-refractivity contribution in [2.75, 3.05) is 12.9 Å². The highest BCUT2D eigenvalue weighted by atomic mass is 32.2. The minimum Gasteiger partial charge on any atom is -0.496 e. The molecule has 0 unspecified atom stereocenters. The van der Waals surface area contributed by atoms with Crippen molar-refractivity contribution >= 4 is 29.1 Å². The van der Waals surface area contributed by atoms with Crippen molar-refractivity contribution in [1.82, 2.24) is 20.1 Å². The molecular weight excluding hydrogens is 422 g/mol. The zero-order valence-corrected chi connectivity index (χ0v) is 17.6. The highest BCUT2D eigenvalue weighted by Crippen LogP contribution is 2.20. The van der Waals surface area contributed by atoms with Crippen LogP contribution in [0.2, 0.25) is 0 Å². The van der Waals surface area contributed by atoms with Crippen LogP contribution in [0.25, 0.3) is 0 Å². The summed E-state index contributed by atoms with van der Waals surface area (Å²) >= 11 is 1.16. The van der Waals surface area contributed by atoms with E-state index in [-0.39, 0.29) is 35.2 Å². The number of nitrogens with one attached hydrogen (secondary N) is 1. The number of benzene rings is 2. The standard InChI is InChI=1S/C20H19N5O5S/c1-24-18(11-21-19(27)15-8-3-4-9-17(15)30-2)22-23-20(24)31-12-16(26)13-6-5-7-14(10-13)25(28)29/h3-10H,11-12H2,1-2H3,(H,21,27). The van der Waals surface area contributed by atoms with Crippen molar-refractivity contribution in [2.24, 2.45) is 7.05 Å². The maximum atomic E-state index is 12.4. The summed E-state index contributed by atoms with van der Waals surface area (Å²) in [5.41, 5.74) is 0.528. The number of aromatic nitrogens is 3. The quantitative estimate of drug-likeness (QED) is 0.232. The van der Waals surface area contributed by atoms with Crippen molar-refractivity contribution in [3.63, 3.8) is 0 Å². The van der Waals surface area contributed by atoms with Crippen LogP contribution in [0.4, 0.5) is 5.69 Å². The first-order valence-corrected chi connectivity index (χ1v) is 10.1. The summed E-state index contributed by atoms with van der Waals surface area (Å²) in [4.78, 5) is 35.1. The summed E-state index contributed by atoms with van der Waals surface area (Å²) in [5, 5.41) is 22.2. The molecule has 0 atom stereocenters. The monoisotopic (exact) mass is 441 g/mol. The number of nitrogens with zero attached hydrogens (tertiary/aromatic N) is 4. The van der Waals surface area contributed by atoms with Gasteiger partial charge in [0.05, 0.1) is 29.9 Å². The van der Waals surface area contributed by atoms with Crippen molar-refractivity contribution < 1.29 is 19.2 Å². The fourth-order valence-electron chi connectivity index (χ4n) is 2.72. The minimum atomic E-state index is -0.543. The molecule has 0 bridgehead atoms. The number of ketones is 1. The smallest absolute Gasteiger partial charge is 0.270 e. The predicted molar refractivity (Wildman–Crippen MR) is 113 cm³/mol. The number of non-ortho nitro benzene ring substituents is 1. The molecule has 3 aromatic rings. The molecule has 1 amide bonds. The number of carbonyl (C=O) groups is 2. The number of nitro benzene ring substituents is 1. The molecule has 0 saturated heterocycles. The third-order valence-corrected chi connectivity index (χ3v) is 5.42. The molecule has 3 rings (SSSR count). The normalized spacial score (nSPS) is 10.5. The molecule has 0 spiro atoms. The number of nitro groups is 1. The topological polar surface area (TPSA) is 129 Å². The number of methoxy groups -OCH3 is 1. The SMILES string of the molecule is COc1ccccc1C(=O)NCc1nnc(SCC(=O)c2cccc([N+](=O)[O-])c2)n1C. The Bertz CT molecular complexity index is 1130. The first-order chi connectivity index (χ1) is 14.9. The molecule has 0 aliphatic carbocycles. The van der Waals surface area contributed by atoms with Gasteiger partial charge in [-0.05, 0) is 12.1 Å². The van der Waals surface area contributed by atoms with Gasteiger partial charge in [0.15, 0.2) is 16.8 Å². The van der Waals surface area contributed by atoms with E-state index >= 15 is 0 Å². The fraction of sp³-hybridized carbons (Fsp3) is 0.200. The molecule has 0 aliphatic heterocycles. The van der Waals surface area contributed by atoms with Crippen molar-refractivity contribution in [3.8, 4) is 5.75 Å². The lowest BCUT2D eigenvalue weighted by atomic mass is 10.1. The lowest BCUT2D eigenvalue weighted by molar-refractivity contribution is -0.384. The van der Waals surface area contributed by atoms with Gasteiger partial charge in [0.25, 0.3) is 11.6 Å². The number of rotatable bonds is 9. The average Bonchev–Trinajstić information content (AvgIpc) is 3.15. The summed E-state index contributed by atoms with van der Waals surface area (Å²) in [6.07, 6.45) is 0. The zero-order valence-electron chi connectivity index (χ0n) is 16.8. The Balaban J connectivity index is 1.60. The third-order valence-electron chi connectivity index (χ3n) is 4.40. The van der Waals surface area contributed by atoms with Crippen LogP contribution >= 0.6 is 11.8 Å². The molecule has 0 aliphatic rings. The Labute approximate surface area is 181 Å². The number of ether oxygens (including phenoxy) is 1. The van der Waals surface area contributed by atoms with E-state index < -0.39 is 4.92 Å². The highest BCUT2D eigenvalue weighted by Gasteiger charge is 2.16. The highest BCUT2D eigenvalue weighted by molar-refractivity contribution is 7.99. The van der Waals surface area contributed by atoms with Crippen LogP contribution < -0.4 is 10.1 Å². The molecule has 0 fully saturated rings. The lowest BCUT2D eigenvalue weighted by Crippen LogP contribution is -2.25. The number of carbonyl (C=O) groups excluding carboxylic acids is 2. The largest absolute Gasteiger partial charge is 0.496 e. The van der Waals surface area contributed by atoms with Crippen LogP contribution in [0.1, 0.15) is 26.5 Å². The maximum absolute atomic E-state index is 12.4. The van der Waals surface area contributed by atoms with Gasteiger partial charge in [0.2, 0.25) is 0 Å². The number of hydrogen-bond donors (Lipinski definition) is 1. The van der Waals surface area contributed by atoms with Crippen LogP contribution in [-0.2, 0) is 13.6 Å². The molecule has 0 radical (unpaired) electrons. The van der Waals surface area contributed by atoms with E-state index in [0.717, 1.165) is 11.8 Å². The minimum absolute atomic E-state index is 0.0424. The van der Waals surface area contributed by atoms with E-state index in [2.05, 4.69) is 15.5 Å². The van der Waals surface area contributed by atoms with Crippen molar-refractivity contribution in [2.45, 2.75) is 11.7 Å². The van der Waals surface area contributed by atoms with Gasteiger partial charge < -0.3 is 14.6 Å². The summed E-state index contributed by atoms with van der Waals surface area (Å²) in [6.45, 7) is 0.139. The molecule has 2 aromatic carbocycles. The Hall–Kier alpha value is -3.73. The first kappa shape index (κ1) is 22.0. The van der Waals surface area contributed by atoms with Gasteiger partial charge in [-0.15, -0.1) is 10.2 Å². The fourth-order valence-corrected chi connectivity index (χ4v) is 3.54. The van der Waals surface area contributed by atoms with E-state index in [1.165, 1.54) is 31.4 Å². The molecule has 160 valence electrons. The maximum Gasteiger partial charge on any atom is 0.270 e. The van der Waals surface area contributed by atoms with Crippen LogP contribution in [0.3, 0.4) is 0 Å². The molecule has 1 aromatic heterocycles. The van der Waals surface area contributed by atoms with Crippen LogP contribution in [0.5, 0.6) is 5.75 Å². The van der Waals surface area contributed by atoms with Gasteiger partial charge in [0, 0.05) is 24.7 Å². The van der Waals surface area contributed by atoms with Crippen molar-refractivity contribution in [1.29, 1.82) is 0 Å². The molecule has 0 saturated carbocycles. The molecule has 10 nitrogen and oxygen atoms in total. The Kier molecular flexibility index (Phi) is 6.98. The van der Waals surface area contributed by atoms with Gasteiger partial charge in [-0.3, -0.25) is 19.7 Å². The summed E-state index contributed by atoms with van der Waals surface area (Å²) in [6, 6.07) is 12.5. The van der Waals surface area contributed by atoms with Crippen LogP contribution in [0.15, 0.2) is 53.7 Å². The summed E-state index contributed by atoms with van der Waals surface area (Å²) < 4.78 is 6.87. The van der Waals surface area contributed by atoms with Crippen LogP contribution in [0, 0.1) is 10.1 Å². The molecule has 11 heteroatoms. The summed E-state index contributed by atoms with van der Waals surface area (Å²) in [7, 11) is 3.22. The number of thioether (sulfide) groups is 1. The second kappa shape index (κ2) is 9.85. The first-order valence-electron chi connectivity index (χ1n) is 9.10. The number of hydrogen-bond acceptors (Lipinski definition) is 8. The number of para-hydroxylation sites is 1. The van der Waals surface area contributed by atoms with Crippen LogP contribution in [-0.4, -0.2) is 44.2 Å². The number of amides is 1. The average molecular weight is 441 g/mol. The Morgan fingerprint density at radius 1 is 1.19 bits per heavy atom. The molecule has 1 N–H and O–H groups in total. The second-order valence-electron chi connectivity index (χ2n) is 6.36. The molecular formula is C20H19N5O5S. The van der Waals surface area contributed by atoms with Gasteiger partial charge in [-0.25, -0.2) is 0 Å². The Morgan fingerprint density at radius 3 is 2.71 bits per heavy atom. The number of Topliss-reactive ketones (excluding diaryl/α,β-unsaturated/α-hetero) is 1. The molecule has 31 heavy (non-hydrogen) atoms. The van der Waals surface area contributed by atoms with Gasteiger partial charge >= 0.3 is 0 Å². The zero-order chi connectivity index (χ0) is 22.4. The predicted octanol–water partition coefficient (Wildman–Crippen LogP) is 2.64. The van der Waals surface area contributed by atoms with Gasteiger partial charge in [0.1, 0.15) is 5.75 Å². The van der Waals surface area contributed by atoms with E-state index in [4.69, 9.17) is 4.74 Å².